The molecule has 1 aromatic carbocycles. The van der Waals surface area contributed by atoms with E-state index in [-0.39, 0.29) is 36.1 Å². The first-order valence-corrected chi connectivity index (χ1v) is 12.6. The average Bonchev–Trinajstić information content (AvgIpc) is 3.53. The molecule has 11 heteroatoms. The van der Waals surface area contributed by atoms with Crippen molar-refractivity contribution in [3.05, 3.63) is 53.9 Å². The number of nitrogens with zero attached hydrogens (tertiary/aromatic N) is 4. The van der Waals surface area contributed by atoms with Gasteiger partial charge in [0.25, 0.3) is 5.91 Å². The molecule has 1 aliphatic heterocycles. The number of rotatable bonds is 11. The predicted molar refractivity (Wildman–Crippen MR) is 136 cm³/mol. The Hall–Kier alpha value is -3.31. The van der Waals surface area contributed by atoms with E-state index in [4.69, 9.17) is 0 Å². The van der Waals surface area contributed by atoms with Crippen molar-refractivity contribution in [1.82, 2.24) is 30.0 Å². The molecule has 0 unspecified atom stereocenters. The van der Waals surface area contributed by atoms with E-state index in [2.05, 4.69) is 15.6 Å². The van der Waals surface area contributed by atoms with Crippen molar-refractivity contribution in [3.63, 3.8) is 0 Å². The first-order chi connectivity index (χ1) is 17.6. The fourth-order valence-corrected chi connectivity index (χ4v) is 4.42. The smallest absolute Gasteiger partial charge is 0.274 e. The lowest BCUT2D eigenvalue weighted by molar-refractivity contribution is -0.140. The zero-order chi connectivity index (χ0) is 27.1. The maximum absolute atomic E-state index is 13.5. The molecule has 3 amide bonds. The van der Waals surface area contributed by atoms with Crippen LogP contribution in [0.3, 0.4) is 0 Å². The van der Waals surface area contributed by atoms with Crippen LogP contribution in [0.5, 0.6) is 0 Å². The molecule has 202 valence electrons. The highest BCUT2D eigenvalue weighted by molar-refractivity contribution is 5.92. The summed E-state index contributed by atoms with van der Waals surface area (Å²) in [6.45, 7) is 4.23. The fourth-order valence-electron chi connectivity index (χ4n) is 4.42. The third-order valence-electron chi connectivity index (χ3n) is 6.76. The lowest BCUT2D eigenvalue weighted by Crippen LogP contribution is -2.58. The van der Waals surface area contributed by atoms with E-state index in [1.54, 1.807) is 60.0 Å². The van der Waals surface area contributed by atoms with E-state index in [1.807, 2.05) is 0 Å². The molecule has 1 aliphatic rings. The molecular weight excluding hydrogens is 479 g/mol. The van der Waals surface area contributed by atoms with Crippen LogP contribution in [-0.4, -0.2) is 93.1 Å². The summed E-state index contributed by atoms with van der Waals surface area (Å²) in [5, 5.41) is 15.8. The molecule has 10 nitrogen and oxygen atoms in total. The van der Waals surface area contributed by atoms with Gasteiger partial charge in [-0.15, -0.1) is 0 Å². The topological polar surface area (TPSA) is 120 Å². The highest BCUT2D eigenvalue weighted by Crippen LogP contribution is 2.21. The Morgan fingerprint density at radius 1 is 1.24 bits per heavy atom. The van der Waals surface area contributed by atoms with E-state index in [0.717, 1.165) is 12.0 Å². The quantitative estimate of drug-likeness (QED) is 0.405. The van der Waals surface area contributed by atoms with Crippen molar-refractivity contribution in [1.29, 1.82) is 0 Å². The largest absolute Gasteiger partial charge is 0.391 e. The molecule has 1 saturated heterocycles. The van der Waals surface area contributed by atoms with Crippen molar-refractivity contribution in [2.75, 3.05) is 26.7 Å². The second kappa shape index (κ2) is 12.8. The van der Waals surface area contributed by atoms with Crippen molar-refractivity contribution < 1.29 is 23.9 Å². The molecule has 3 rings (SSSR count). The Balaban J connectivity index is 1.77. The van der Waals surface area contributed by atoms with Gasteiger partial charge in [-0.1, -0.05) is 12.1 Å². The number of hydrogen-bond donors (Lipinski definition) is 3. The molecule has 0 radical (unpaired) electrons. The molecule has 1 fully saturated rings. The third kappa shape index (κ3) is 7.36. The van der Waals surface area contributed by atoms with Crippen LogP contribution in [0.2, 0.25) is 0 Å². The molecule has 37 heavy (non-hydrogen) atoms. The lowest BCUT2D eigenvalue weighted by atomic mass is 10.1. The number of carbonyl (C=O) groups is 3. The van der Waals surface area contributed by atoms with Gasteiger partial charge >= 0.3 is 0 Å². The van der Waals surface area contributed by atoms with Gasteiger partial charge in [-0.05, 0) is 57.9 Å². The van der Waals surface area contributed by atoms with Crippen LogP contribution in [0.15, 0.2) is 36.8 Å². The highest BCUT2D eigenvalue weighted by atomic mass is 19.1. The van der Waals surface area contributed by atoms with Crippen molar-refractivity contribution in [2.45, 2.75) is 57.3 Å². The molecule has 2 heterocycles. The second-order valence-electron chi connectivity index (χ2n) is 9.62. The Kier molecular flexibility index (Phi) is 9.76. The Bertz CT molecular complexity index is 1070. The number of nitrogens with one attached hydrogen (secondary N) is 2. The first-order valence-electron chi connectivity index (χ1n) is 12.6. The van der Waals surface area contributed by atoms with E-state index in [0.29, 0.717) is 31.6 Å². The van der Waals surface area contributed by atoms with Gasteiger partial charge in [0.15, 0.2) is 0 Å². The van der Waals surface area contributed by atoms with Crippen molar-refractivity contribution >= 4 is 17.7 Å². The second-order valence-corrected chi connectivity index (χ2v) is 9.62. The van der Waals surface area contributed by atoms with Crippen LogP contribution in [0.1, 0.15) is 42.7 Å². The average molecular weight is 517 g/mol. The number of likely N-dealkylation sites (N-methyl/N-ethyl adjacent to an activating group) is 1. The van der Waals surface area contributed by atoms with Crippen LogP contribution in [-0.2, 0) is 23.1 Å². The summed E-state index contributed by atoms with van der Waals surface area (Å²) in [6, 6.07) is 4.24. The number of aromatic nitrogens is 2. The molecule has 2 aromatic rings. The molecule has 1 aromatic heterocycles. The molecule has 0 saturated carbocycles. The van der Waals surface area contributed by atoms with Crippen LogP contribution >= 0.6 is 0 Å². The highest BCUT2D eigenvalue weighted by Gasteiger charge is 2.38. The van der Waals surface area contributed by atoms with Gasteiger partial charge < -0.3 is 30.1 Å². The van der Waals surface area contributed by atoms with Gasteiger partial charge in [-0.25, -0.2) is 9.37 Å². The van der Waals surface area contributed by atoms with Crippen molar-refractivity contribution in [3.8, 4) is 0 Å². The molecular formula is C26H37FN6O4. The minimum Gasteiger partial charge on any atom is -0.391 e. The third-order valence-corrected chi connectivity index (χ3v) is 6.76. The Morgan fingerprint density at radius 2 is 1.95 bits per heavy atom. The number of likely N-dealkylation sites (tertiary alicyclic amines) is 1. The maximum atomic E-state index is 13.5. The number of hydrogen-bond acceptors (Lipinski definition) is 6. The number of carbonyl (C=O) groups excluding carboxylic acids is 3. The summed E-state index contributed by atoms with van der Waals surface area (Å²) in [4.78, 5) is 46.8. The number of halogens is 1. The van der Waals surface area contributed by atoms with Gasteiger partial charge in [0.05, 0.1) is 18.5 Å². The van der Waals surface area contributed by atoms with Gasteiger partial charge in [0.1, 0.15) is 17.6 Å². The SMILES string of the molecule is CN[C@@H](C)C(=O)N[C@H](C(=O)N1CCC[C@H]1CN(CCc1ccc(F)cc1)C(=O)c1cn(C)cn1)[C@@H](C)O. The predicted octanol–water partition coefficient (Wildman–Crippen LogP) is 0.709. The standard InChI is InChI=1S/C26H37FN6O4/c1-17(28-3)24(35)30-23(18(2)34)26(37)33-12-5-6-21(33)14-32(25(36)22-15-31(4)16-29-22)13-11-19-7-9-20(27)10-8-19/h7-10,15-18,21,23,28,34H,5-6,11-14H2,1-4H3,(H,30,35)/t17-,18+,21-,23-/m0/s1. The van der Waals surface area contributed by atoms with Crippen LogP contribution < -0.4 is 10.6 Å². The lowest BCUT2D eigenvalue weighted by Gasteiger charge is -2.34. The van der Waals surface area contributed by atoms with Gasteiger partial charge in [-0.3, -0.25) is 14.4 Å². The van der Waals surface area contributed by atoms with E-state index in [9.17, 15) is 23.9 Å². The van der Waals surface area contributed by atoms with Gasteiger partial charge in [-0.2, -0.15) is 0 Å². The molecule has 3 N–H and O–H groups in total. The summed E-state index contributed by atoms with van der Waals surface area (Å²) in [5.41, 5.74) is 1.18. The van der Waals surface area contributed by atoms with E-state index >= 15 is 0 Å². The van der Waals surface area contributed by atoms with Gasteiger partial charge in [0, 0.05) is 38.9 Å². The van der Waals surface area contributed by atoms with Crippen molar-refractivity contribution in [2.24, 2.45) is 7.05 Å². The minimum atomic E-state index is -1.09. The summed E-state index contributed by atoms with van der Waals surface area (Å²) in [5.74, 6) is -1.35. The normalized spacial score (nSPS) is 17.8. The number of aliphatic hydroxyl groups excluding tert-OH is 1. The number of aliphatic hydroxyl groups is 1. The van der Waals surface area contributed by atoms with Crippen LogP contribution in [0.4, 0.5) is 4.39 Å². The van der Waals surface area contributed by atoms with Gasteiger partial charge in [0.2, 0.25) is 11.8 Å². The summed E-state index contributed by atoms with van der Waals surface area (Å²) >= 11 is 0. The van der Waals surface area contributed by atoms with E-state index < -0.39 is 18.2 Å². The first kappa shape index (κ1) is 28.3. The molecule has 0 spiro atoms. The molecule has 4 atom stereocenters. The Morgan fingerprint density at radius 3 is 2.54 bits per heavy atom. The maximum Gasteiger partial charge on any atom is 0.274 e. The van der Waals surface area contributed by atoms with Crippen LogP contribution in [0, 0.1) is 5.82 Å². The number of imidazole rings is 1. The number of amides is 3. The minimum absolute atomic E-state index is 0.259. The monoisotopic (exact) mass is 516 g/mol. The zero-order valence-electron chi connectivity index (χ0n) is 21.9. The zero-order valence-corrected chi connectivity index (χ0v) is 21.9. The summed E-state index contributed by atoms with van der Waals surface area (Å²) in [6.07, 6.45) is 4.04. The molecule has 0 aliphatic carbocycles. The molecule has 0 bridgehead atoms. The summed E-state index contributed by atoms with van der Waals surface area (Å²) < 4.78 is 15.0. The summed E-state index contributed by atoms with van der Waals surface area (Å²) in [7, 11) is 3.42. The number of benzene rings is 1. The van der Waals surface area contributed by atoms with Crippen LogP contribution in [0.25, 0.3) is 0 Å². The van der Waals surface area contributed by atoms with E-state index in [1.165, 1.54) is 19.1 Å². The fraction of sp³-hybridized carbons (Fsp3) is 0.538. The number of aryl methyl sites for hydroxylation is 1. The Labute approximate surface area is 216 Å².